The fourth-order valence-corrected chi connectivity index (χ4v) is 4.46. The Morgan fingerprint density at radius 1 is 1.08 bits per heavy atom. The Labute approximate surface area is 151 Å². The highest BCUT2D eigenvalue weighted by Crippen LogP contribution is 2.20. The van der Waals surface area contributed by atoms with Crippen molar-refractivity contribution in [2.24, 2.45) is 0 Å². The summed E-state index contributed by atoms with van der Waals surface area (Å²) >= 11 is 0. The standard InChI is InChI=1S/C20H30N4O/c25-20(24-11-6-19(16-24)23-12-7-21-8-13-23)18-5-3-4-17(14-18)15-22-9-1-2-10-22/h3-5,14,19,21H,1-2,6-13,15-16H2. The van der Waals surface area contributed by atoms with Crippen LogP contribution >= 0.6 is 0 Å². The number of rotatable bonds is 4. The van der Waals surface area contributed by atoms with Gasteiger partial charge in [-0.1, -0.05) is 12.1 Å². The van der Waals surface area contributed by atoms with Crippen LogP contribution in [-0.2, 0) is 6.54 Å². The molecule has 1 aromatic rings. The monoisotopic (exact) mass is 342 g/mol. The van der Waals surface area contributed by atoms with Gasteiger partial charge < -0.3 is 10.2 Å². The maximum atomic E-state index is 12.9. The number of likely N-dealkylation sites (tertiary alicyclic amines) is 2. The van der Waals surface area contributed by atoms with Crippen molar-refractivity contribution in [3.8, 4) is 0 Å². The minimum absolute atomic E-state index is 0.209. The van der Waals surface area contributed by atoms with Gasteiger partial charge in [0.2, 0.25) is 0 Å². The second-order valence-electron chi connectivity index (χ2n) is 7.66. The van der Waals surface area contributed by atoms with Gasteiger partial charge in [0.05, 0.1) is 0 Å². The van der Waals surface area contributed by atoms with E-state index in [9.17, 15) is 4.79 Å². The summed E-state index contributed by atoms with van der Waals surface area (Å²) in [5, 5.41) is 3.41. The van der Waals surface area contributed by atoms with E-state index in [-0.39, 0.29) is 5.91 Å². The largest absolute Gasteiger partial charge is 0.337 e. The van der Waals surface area contributed by atoms with Crippen LogP contribution in [0.3, 0.4) is 0 Å². The summed E-state index contributed by atoms with van der Waals surface area (Å²) in [6.07, 6.45) is 3.72. The molecule has 1 unspecified atom stereocenters. The van der Waals surface area contributed by atoms with Crippen molar-refractivity contribution in [1.82, 2.24) is 20.0 Å². The van der Waals surface area contributed by atoms with E-state index in [1.54, 1.807) is 0 Å². The molecule has 3 aliphatic heterocycles. The predicted molar refractivity (Wildman–Crippen MR) is 99.7 cm³/mol. The van der Waals surface area contributed by atoms with Crippen LogP contribution in [0.1, 0.15) is 35.2 Å². The predicted octanol–water partition coefficient (Wildman–Crippen LogP) is 1.40. The summed E-state index contributed by atoms with van der Waals surface area (Å²) < 4.78 is 0. The van der Waals surface area contributed by atoms with Crippen molar-refractivity contribution in [3.63, 3.8) is 0 Å². The Bertz CT molecular complexity index is 593. The van der Waals surface area contributed by atoms with Crippen LogP contribution in [0.25, 0.3) is 0 Å². The van der Waals surface area contributed by atoms with Crippen molar-refractivity contribution in [2.75, 3.05) is 52.4 Å². The van der Waals surface area contributed by atoms with Gasteiger partial charge in [0, 0.05) is 57.4 Å². The van der Waals surface area contributed by atoms with Gasteiger partial charge in [-0.25, -0.2) is 0 Å². The van der Waals surface area contributed by atoms with Crippen molar-refractivity contribution in [3.05, 3.63) is 35.4 Å². The number of hydrogen-bond acceptors (Lipinski definition) is 4. The molecule has 0 aromatic heterocycles. The Morgan fingerprint density at radius 2 is 1.88 bits per heavy atom. The van der Waals surface area contributed by atoms with E-state index in [2.05, 4.69) is 32.1 Å². The highest BCUT2D eigenvalue weighted by atomic mass is 16.2. The van der Waals surface area contributed by atoms with Crippen LogP contribution in [0.5, 0.6) is 0 Å². The second kappa shape index (κ2) is 7.85. The van der Waals surface area contributed by atoms with Crippen molar-refractivity contribution in [1.29, 1.82) is 0 Å². The zero-order valence-corrected chi connectivity index (χ0v) is 15.1. The number of nitrogens with one attached hydrogen (secondary N) is 1. The Hall–Kier alpha value is -1.43. The number of carbonyl (C=O) groups is 1. The number of carbonyl (C=O) groups excluding carboxylic acids is 1. The van der Waals surface area contributed by atoms with Crippen LogP contribution in [0.15, 0.2) is 24.3 Å². The van der Waals surface area contributed by atoms with E-state index in [1.165, 1.54) is 31.5 Å². The number of nitrogens with zero attached hydrogens (tertiary/aromatic N) is 3. The minimum atomic E-state index is 0.209. The lowest BCUT2D eigenvalue weighted by atomic mass is 10.1. The van der Waals surface area contributed by atoms with E-state index >= 15 is 0 Å². The van der Waals surface area contributed by atoms with Crippen LogP contribution in [0.4, 0.5) is 0 Å². The molecule has 0 radical (unpaired) electrons. The van der Waals surface area contributed by atoms with Gasteiger partial charge in [-0.2, -0.15) is 0 Å². The van der Waals surface area contributed by atoms with E-state index in [4.69, 9.17) is 0 Å². The summed E-state index contributed by atoms with van der Waals surface area (Å²) in [6.45, 7) is 9.50. The Balaban J connectivity index is 1.37. The lowest BCUT2D eigenvalue weighted by Gasteiger charge is -2.32. The van der Waals surface area contributed by atoms with Gasteiger partial charge in [-0.05, 0) is 50.0 Å². The third kappa shape index (κ3) is 4.05. The van der Waals surface area contributed by atoms with Crippen LogP contribution in [0.2, 0.25) is 0 Å². The molecule has 1 N–H and O–H groups in total. The van der Waals surface area contributed by atoms with Gasteiger partial charge in [-0.3, -0.25) is 14.6 Å². The number of benzene rings is 1. The summed E-state index contributed by atoms with van der Waals surface area (Å²) in [4.78, 5) is 20.0. The normalized spacial score (nSPS) is 25.6. The molecule has 0 aliphatic carbocycles. The first-order valence-electron chi connectivity index (χ1n) is 9.85. The highest BCUT2D eigenvalue weighted by molar-refractivity contribution is 5.94. The van der Waals surface area contributed by atoms with Crippen LogP contribution < -0.4 is 5.32 Å². The maximum absolute atomic E-state index is 12.9. The molecule has 5 nitrogen and oxygen atoms in total. The average molecular weight is 342 g/mol. The third-order valence-corrected chi connectivity index (χ3v) is 5.90. The van der Waals surface area contributed by atoms with Crippen molar-refractivity contribution < 1.29 is 4.79 Å². The Morgan fingerprint density at radius 3 is 2.68 bits per heavy atom. The molecular weight excluding hydrogens is 312 g/mol. The zero-order chi connectivity index (χ0) is 17.1. The summed E-state index contributed by atoms with van der Waals surface area (Å²) in [7, 11) is 0. The first-order chi connectivity index (χ1) is 12.3. The molecule has 4 rings (SSSR count). The van der Waals surface area contributed by atoms with E-state index in [0.29, 0.717) is 6.04 Å². The average Bonchev–Trinajstić information content (AvgIpc) is 3.34. The summed E-state index contributed by atoms with van der Waals surface area (Å²) in [5.41, 5.74) is 2.13. The molecule has 1 aromatic carbocycles. The van der Waals surface area contributed by atoms with Crippen LogP contribution in [0, 0.1) is 0 Å². The highest BCUT2D eigenvalue weighted by Gasteiger charge is 2.31. The maximum Gasteiger partial charge on any atom is 0.253 e. The molecule has 3 saturated heterocycles. The van der Waals surface area contributed by atoms with E-state index < -0.39 is 0 Å². The fourth-order valence-electron chi connectivity index (χ4n) is 4.46. The molecule has 1 amide bonds. The number of hydrogen-bond donors (Lipinski definition) is 1. The first-order valence-corrected chi connectivity index (χ1v) is 9.85. The lowest BCUT2D eigenvalue weighted by Crippen LogP contribution is -2.49. The van der Waals surface area contributed by atoms with Gasteiger partial charge in [0.1, 0.15) is 0 Å². The summed E-state index contributed by atoms with van der Waals surface area (Å²) in [6, 6.07) is 8.83. The molecule has 25 heavy (non-hydrogen) atoms. The number of amides is 1. The molecule has 136 valence electrons. The second-order valence-corrected chi connectivity index (χ2v) is 7.66. The topological polar surface area (TPSA) is 38.8 Å². The quantitative estimate of drug-likeness (QED) is 0.898. The van der Waals surface area contributed by atoms with E-state index in [1.807, 2.05) is 12.1 Å². The number of piperazine rings is 1. The SMILES string of the molecule is O=C(c1cccc(CN2CCCC2)c1)N1CCC(N2CCNCC2)C1. The van der Waals surface area contributed by atoms with Gasteiger partial charge >= 0.3 is 0 Å². The molecule has 0 spiro atoms. The molecule has 5 heteroatoms. The van der Waals surface area contributed by atoms with Crippen molar-refractivity contribution in [2.45, 2.75) is 31.8 Å². The first kappa shape index (κ1) is 17.0. The zero-order valence-electron chi connectivity index (χ0n) is 15.1. The lowest BCUT2D eigenvalue weighted by molar-refractivity contribution is 0.0773. The molecule has 3 fully saturated rings. The van der Waals surface area contributed by atoms with Gasteiger partial charge in [-0.15, -0.1) is 0 Å². The van der Waals surface area contributed by atoms with Crippen LogP contribution in [-0.4, -0.2) is 79.0 Å². The molecule has 3 aliphatic rings. The fraction of sp³-hybridized carbons (Fsp3) is 0.650. The minimum Gasteiger partial charge on any atom is -0.337 e. The molecule has 0 bridgehead atoms. The Kier molecular flexibility index (Phi) is 5.34. The van der Waals surface area contributed by atoms with Gasteiger partial charge in [0.15, 0.2) is 0 Å². The summed E-state index contributed by atoms with van der Waals surface area (Å²) in [5.74, 6) is 0.209. The van der Waals surface area contributed by atoms with Crippen molar-refractivity contribution >= 4 is 5.91 Å². The molecular formula is C20H30N4O. The molecule has 0 saturated carbocycles. The smallest absolute Gasteiger partial charge is 0.253 e. The van der Waals surface area contributed by atoms with Gasteiger partial charge in [0.25, 0.3) is 5.91 Å². The molecule has 1 atom stereocenters. The molecule has 3 heterocycles. The third-order valence-electron chi connectivity index (χ3n) is 5.90. The van der Waals surface area contributed by atoms with E-state index in [0.717, 1.165) is 57.8 Å².